The van der Waals surface area contributed by atoms with E-state index in [4.69, 9.17) is 9.97 Å². The smallest absolute Gasteiger partial charge is 0.0979 e. The summed E-state index contributed by atoms with van der Waals surface area (Å²) in [6.07, 6.45) is 1.95. The molecule has 0 saturated heterocycles. The number of rotatable bonds is 3. The first-order chi connectivity index (χ1) is 26.8. The molecule has 0 saturated carbocycles. The maximum Gasteiger partial charge on any atom is 0.0979 e. The van der Waals surface area contributed by atoms with Gasteiger partial charge < -0.3 is 0 Å². The first-order valence-electron chi connectivity index (χ1n) is 18.2. The molecule has 0 aliphatic heterocycles. The van der Waals surface area contributed by atoms with Crippen molar-refractivity contribution in [3.8, 4) is 33.5 Å². The Hall–Kier alpha value is -6.46. The first kappa shape index (κ1) is 30.0. The maximum atomic E-state index is 5.37. The SMILES string of the molecule is c1ccc2c(c1)sc1c(-c3cccc4c3sc3c(-c5cccc6c(-c7cnc8c9ccccc9c9ccccc9c8n7)cccc56)cccc34)cccc12. The van der Waals surface area contributed by atoms with Gasteiger partial charge in [-0.25, -0.2) is 4.98 Å². The summed E-state index contributed by atoms with van der Waals surface area (Å²) in [5.74, 6) is 0. The topological polar surface area (TPSA) is 25.8 Å². The van der Waals surface area contributed by atoms with Crippen molar-refractivity contribution in [2.75, 3.05) is 0 Å². The molecule has 12 rings (SSSR count). The third kappa shape index (κ3) is 4.27. The number of benzene rings is 9. The van der Waals surface area contributed by atoms with Gasteiger partial charge in [-0.1, -0.05) is 158 Å². The predicted molar refractivity (Wildman–Crippen MR) is 234 cm³/mol. The van der Waals surface area contributed by atoms with Crippen molar-refractivity contribution in [2.24, 2.45) is 0 Å². The molecule has 0 atom stereocenters. The van der Waals surface area contributed by atoms with E-state index in [0.29, 0.717) is 0 Å². The lowest BCUT2D eigenvalue weighted by molar-refractivity contribution is 1.31. The van der Waals surface area contributed by atoms with Gasteiger partial charge in [-0.15, -0.1) is 22.7 Å². The fourth-order valence-corrected chi connectivity index (χ4v) is 11.3. The van der Waals surface area contributed by atoms with Gasteiger partial charge in [0.05, 0.1) is 22.9 Å². The van der Waals surface area contributed by atoms with E-state index >= 15 is 0 Å². The molecule has 3 heterocycles. The van der Waals surface area contributed by atoms with Gasteiger partial charge in [-0.2, -0.15) is 0 Å². The fourth-order valence-electron chi connectivity index (χ4n) is 8.72. The fraction of sp³-hybridized carbons (Fsp3) is 0. The first-order valence-corrected chi connectivity index (χ1v) is 19.9. The second kappa shape index (κ2) is 11.5. The van der Waals surface area contributed by atoms with Crippen molar-refractivity contribution >= 4 is 106 Å². The van der Waals surface area contributed by atoms with E-state index in [1.807, 2.05) is 28.9 Å². The average molecular weight is 721 g/mol. The molecule has 250 valence electrons. The second-order valence-corrected chi connectivity index (χ2v) is 16.1. The summed E-state index contributed by atoms with van der Waals surface area (Å²) in [5.41, 5.74) is 8.93. The number of hydrogen-bond donors (Lipinski definition) is 0. The Morgan fingerprint density at radius 3 is 1.37 bits per heavy atom. The normalized spacial score (nSPS) is 12.1. The molecule has 0 aliphatic carbocycles. The highest BCUT2D eigenvalue weighted by Crippen LogP contribution is 2.48. The summed E-state index contributed by atoms with van der Waals surface area (Å²) in [6.45, 7) is 0. The summed E-state index contributed by atoms with van der Waals surface area (Å²) < 4.78 is 5.32. The molecular weight excluding hydrogens is 693 g/mol. The Kier molecular flexibility index (Phi) is 6.41. The molecule has 0 radical (unpaired) electrons. The number of fused-ring (bicyclic) bond motifs is 13. The van der Waals surface area contributed by atoms with E-state index in [9.17, 15) is 0 Å². The summed E-state index contributed by atoms with van der Waals surface area (Å²) in [5, 5.41) is 12.3. The van der Waals surface area contributed by atoms with E-state index in [0.717, 1.165) is 33.1 Å². The van der Waals surface area contributed by atoms with Crippen LogP contribution in [0.4, 0.5) is 0 Å². The molecule has 0 spiro atoms. The predicted octanol–water partition coefficient (Wildman–Crippen LogP) is 14.8. The summed E-state index contributed by atoms with van der Waals surface area (Å²) in [6, 6.07) is 59.6. The van der Waals surface area contributed by atoms with Crippen molar-refractivity contribution < 1.29 is 0 Å². The Morgan fingerprint density at radius 2 is 0.722 bits per heavy atom. The van der Waals surface area contributed by atoms with Crippen molar-refractivity contribution in [1.82, 2.24) is 9.97 Å². The lowest BCUT2D eigenvalue weighted by atomic mass is 9.93. The largest absolute Gasteiger partial charge is 0.252 e. The molecule has 3 aromatic heterocycles. The van der Waals surface area contributed by atoms with Crippen LogP contribution in [0, 0.1) is 0 Å². The van der Waals surface area contributed by atoms with Crippen LogP contribution in [0.1, 0.15) is 0 Å². The van der Waals surface area contributed by atoms with Gasteiger partial charge in [0.15, 0.2) is 0 Å². The zero-order valence-corrected chi connectivity index (χ0v) is 30.5. The number of hydrogen-bond acceptors (Lipinski definition) is 4. The molecule has 4 heteroatoms. The third-order valence-electron chi connectivity index (χ3n) is 11.1. The number of aromatic nitrogens is 2. The van der Waals surface area contributed by atoms with Gasteiger partial charge in [-0.3, -0.25) is 4.98 Å². The molecule has 0 unspecified atom stereocenters. The van der Waals surface area contributed by atoms with Crippen LogP contribution in [0.25, 0.3) is 117 Å². The monoisotopic (exact) mass is 720 g/mol. The van der Waals surface area contributed by atoms with E-state index in [1.54, 1.807) is 0 Å². The van der Waals surface area contributed by atoms with Crippen LogP contribution >= 0.6 is 22.7 Å². The van der Waals surface area contributed by atoms with Crippen LogP contribution in [0.5, 0.6) is 0 Å². The van der Waals surface area contributed by atoms with Crippen molar-refractivity contribution in [3.63, 3.8) is 0 Å². The quantitative estimate of drug-likeness (QED) is 0.170. The Balaban J connectivity index is 1.06. The minimum absolute atomic E-state index is 0.880. The maximum absolute atomic E-state index is 5.37. The zero-order chi connectivity index (χ0) is 35.3. The van der Waals surface area contributed by atoms with Crippen LogP contribution in [0.2, 0.25) is 0 Å². The van der Waals surface area contributed by atoms with Crippen molar-refractivity contribution in [2.45, 2.75) is 0 Å². The van der Waals surface area contributed by atoms with E-state index in [2.05, 4.69) is 164 Å². The molecule has 0 fully saturated rings. The van der Waals surface area contributed by atoms with Crippen LogP contribution in [0.15, 0.2) is 170 Å². The van der Waals surface area contributed by atoms with Crippen LogP contribution in [-0.4, -0.2) is 9.97 Å². The molecule has 2 nitrogen and oxygen atoms in total. The molecule has 0 bridgehead atoms. The van der Waals surface area contributed by atoms with E-state index in [-0.39, 0.29) is 0 Å². The van der Waals surface area contributed by atoms with Gasteiger partial charge in [0.2, 0.25) is 0 Å². The summed E-state index contributed by atoms with van der Waals surface area (Å²) in [4.78, 5) is 10.5. The van der Waals surface area contributed by atoms with E-state index < -0.39 is 0 Å². The molecule has 0 aliphatic rings. The van der Waals surface area contributed by atoms with Crippen LogP contribution in [-0.2, 0) is 0 Å². The molecule has 0 amide bonds. The van der Waals surface area contributed by atoms with E-state index in [1.165, 1.54) is 84.1 Å². The second-order valence-electron chi connectivity index (χ2n) is 14.0. The minimum atomic E-state index is 0.880. The highest BCUT2D eigenvalue weighted by molar-refractivity contribution is 7.27. The highest BCUT2D eigenvalue weighted by atomic mass is 32.1. The molecule has 0 N–H and O–H groups in total. The Labute approximate surface area is 318 Å². The minimum Gasteiger partial charge on any atom is -0.252 e. The third-order valence-corrected chi connectivity index (χ3v) is 13.6. The van der Waals surface area contributed by atoms with Gasteiger partial charge >= 0.3 is 0 Å². The highest BCUT2D eigenvalue weighted by Gasteiger charge is 2.19. The molecular formula is C50H28N2S2. The number of nitrogens with zero attached hydrogens (tertiary/aromatic N) is 2. The van der Waals surface area contributed by atoms with Crippen LogP contribution in [0.3, 0.4) is 0 Å². The van der Waals surface area contributed by atoms with Crippen molar-refractivity contribution in [3.05, 3.63) is 170 Å². The number of thiophene rings is 2. The molecule has 12 aromatic rings. The van der Waals surface area contributed by atoms with Crippen molar-refractivity contribution in [1.29, 1.82) is 0 Å². The standard InChI is InChI=1S/C50H28N2S2/c1-3-15-36-31(12-1)32-13-2-4-16-37(32)47-46(36)51-28-44(52-47)34-20-8-17-29-30(34)18-7-19-33(29)38-21-9-24-42-43-26-11-25-41(50(43)54-49(38)42)40-23-10-22-39-35-14-5-6-27-45(35)53-48(39)40/h1-28H. The van der Waals surface area contributed by atoms with Gasteiger partial charge in [0, 0.05) is 73.4 Å². The Morgan fingerprint density at radius 1 is 0.296 bits per heavy atom. The summed E-state index contributed by atoms with van der Waals surface area (Å²) in [7, 11) is 0. The lowest BCUT2D eigenvalue weighted by Crippen LogP contribution is -1.93. The zero-order valence-electron chi connectivity index (χ0n) is 28.9. The van der Waals surface area contributed by atoms with Crippen LogP contribution < -0.4 is 0 Å². The van der Waals surface area contributed by atoms with Gasteiger partial charge in [-0.05, 0) is 33.2 Å². The summed E-state index contributed by atoms with van der Waals surface area (Å²) >= 11 is 3.81. The molecule has 9 aromatic carbocycles. The van der Waals surface area contributed by atoms with Gasteiger partial charge in [0.1, 0.15) is 0 Å². The molecule has 54 heavy (non-hydrogen) atoms. The Bertz CT molecular complexity index is 3480. The average Bonchev–Trinajstić information content (AvgIpc) is 3.82. The van der Waals surface area contributed by atoms with Gasteiger partial charge in [0.25, 0.3) is 0 Å². The lowest BCUT2D eigenvalue weighted by Gasteiger charge is -2.13.